The van der Waals surface area contributed by atoms with E-state index in [1.807, 2.05) is 39.0 Å². The number of benzene rings is 1. The van der Waals surface area contributed by atoms with Gasteiger partial charge in [-0.1, -0.05) is 13.0 Å². The molecule has 2 aromatic rings. The normalized spacial score (nSPS) is 11.8. The van der Waals surface area contributed by atoms with Crippen LogP contribution in [0.25, 0.3) is 0 Å². The maximum absolute atomic E-state index is 12.5. The average molecular weight is 572 g/mol. The Morgan fingerprint density at radius 2 is 1.78 bits per heavy atom. The Morgan fingerprint density at radius 1 is 1.10 bits per heavy atom. The maximum atomic E-state index is 12.5. The van der Waals surface area contributed by atoms with Crippen molar-refractivity contribution < 1.29 is 23.9 Å². The molecule has 0 fully saturated rings. The first-order chi connectivity index (χ1) is 19.3. The molecule has 0 unspecified atom stereocenters. The van der Waals surface area contributed by atoms with E-state index in [0.717, 1.165) is 13.1 Å². The number of hydrogen-bond acceptors (Lipinski definition) is 9. The van der Waals surface area contributed by atoms with Crippen LogP contribution in [0.5, 0.6) is 5.75 Å². The van der Waals surface area contributed by atoms with Crippen molar-refractivity contribution in [1.29, 1.82) is 0 Å². The first kappa shape index (κ1) is 33.1. The summed E-state index contributed by atoms with van der Waals surface area (Å²) in [6, 6.07) is 6.55. The number of nitrogens with one attached hydrogen (secondary N) is 2. The molecule has 0 aliphatic carbocycles. The lowest BCUT2D eigenvalue weighted by Crippen LogP contribution is -2.47. The zero-order chi connectivity index (χ0) is 30.7. The van der Waals surface area contributed by atoms with Crippen LogP contribution >= 0.6 is 0 Å². The van der Waals surface area contributed by atoms with Crippen molar-refractivity contribution in [1.82, 2.24) is 20.2 Å². The fourth-order valence-electron chi connectivity index (χ4n) is 3.82. The fraction of sp³-hybridized carbons (Fsp3) is 0.552. The van der Waals surface area contributed by atoms with Gasteiger partial charge in [0.25, 0.3) is 5.91 Å². The summed E-state index contributed by atoms with van der Waals surface area (Å²) >= 11 is 0. The van der Waals surface area contributed by atoms with Gasteiger partial charge in [0.05, 0.1) is 12.3 Å². The number of ether oxygens (including phenoxy) is 2. The van der Waals surface area contributed by atoms with Crippen LogP contribution in [0, 0.1) is 0 Å². The molecule has 0 spiro atoms. The average Bonchev–Trinajstić information content (AvgIpc) is 2.91. The third-order valence-corrected chi connectivity index (χ3v) is 6.21. The van der Waals surface area contributed by atoms with Crippen LogP contribution in [0.3, 0.4) is 0 Å². The second kappa shape index (κ2) is 15.1. The van der Waals surface area contributed by atoms with Crippen LogP contribution in [0.1, 0.15) is 71.1 Å². The van der Waals surface area contributed by atoms with Gasteiger partial charge in [-0.3, -0.25) is 14.5 Å². The van der Waals surface area contributed by atoms with Gasteiger partial charge in [0.1, 0.15) is 17.4 Å². The van der Waals surface area contributed by atoms with Gasteiger partial charge in [-0.25, -0.2) is 14.8 Å². The van der Waals surface area contributed by atoms with Crippen LogP contribution < -0.4 is 26.0 Å². The molecule has 0 saturated heterocycles. The summed E-state index contributed by atoms with van der Waals surface area (Å²) in [5, 5.41) is 5.99. The summed E-state index contributed by atoms with van der Waals surface area (Å²) in [4.78, 5) is 49.4. The lowest BCUT2D eigenvalue weighted by molar-refractivity contribution is -0.125. The van der Waals surface area contributed by atoms with Crippen molar-refractivity contribution >= 4 is 35.2 Å². The van der Waals surface area contributed by atoms with Gasteiger partial charge in [0.2, 0.25) is 5.91 Å². The number of amides is 3. The topological polar surface area (TPSA) is 152 Å². The number of aromatic nitrogens is 2. The number of carbonyl (C=O) groups excluding carboxylic acids is 3. The Balaban J connectivity index is 1.98. The van der Waals surface area contributed by atoms with E-state index in [4.69, 9.17) is 20.2 Å². The second-order valence-corrected chi connectivity index (χ2v) is 10.5. The summed E-state index contributed by atoms with van der Waals surface area (Å²) in [5.74, 6) is 0.644. The SMILES string of the molecule is CCc1nc(C(N)=O)c(Nc2cccc(OCCCNC(=O)[C@H](C)N(C)C(=O)OC(C)(C)C)c2)nc1N(CC)CC. The molecule has 2 rings (SSSR count). The highest BCUT2D eigenvalue weighted by molar-refractivity contribution is 5.96. The minimum absolute atomic E-state index is 0.0753. The first-order valence-corrected chi connectivity index (χ1v) is 14.0. The van der Waals surface area contributed by atoms with Crippen molar-refractivity contribution in [3.8, 4) is 5.75 Å². The molecule has 4 N–H and O–H groups in total. The summed E-state index contributed by atoms with van der Waals surface area (Å²) in [6.07, 6.45) is 0.606. The molecule has 0 radical (unpaired) electrons. The summed E-state index contributed by atoms with van der Waals surface area (Å²) < 4.78 is 11.2. The third kappa shape index (κ3) is 9.80. The van der Waals surface area contributed by atoms with Gasteiger partial charge < -0.3 is 30.7 Å². The molecule has 1 aromatic heterocycles. The highest BCUT2D eigenvalue weighted by Crippen LogP contribution is 2.26. The molecule has 1 aromatic carbocycles. The molecule has 12 nitrogen and oxygen atoms in total. The number of carbonyl (C=O) groups is 3. The van der Waals surface area contributed by atoms with E-state index in [1.54, 1.807) is 33.8 Å². The Kier molecular flexibility index (Phi) is 12.2. The molecule has 226 valence electrons. The Hall–Kier alpha value is -4.09. The number of anilines is 3. The van der Waals surface area contributed by atoms with E-state index >= 15 is 0 Å². The van der Waals surface area contributed by atoms with Gasteiger partial charge in [-0.05, 0) is 66.5 Å². The minimum atomic E-state index is -0.685. The van der Waals surface area contributed by atoms with Crippen molar-refractivity contribution in [3.63, 3.8) is 0 Å². The van der Waals surface area contributed by atoms with E-state index < -0.39 is 23.6 Å². The van der Waals surface area contributed by atoms with E-state index in [1.165, 1.54) is 11.9 Å². The molecule has 3 amide bonds. The largest absolute Gasteiger partial charge is 0.493 e. The number of hydrogen-bond donors (Lipinski definition) is 3. The Labute approximate surface area is 243 Å². The number of nitrogens with zero attached hydrogens (tertiary/aromatic N) is 4. The Morgan fingerprint density at radius 3 is 2.37 bits per heavy atom. The summed E-state index contributed by atoms with van der Waals surface area (Å²) in [7, 11) is 1.53. The minimum Gasteiger partial charge on any atom is -0.493 e. The van der Waals surface area contributed by atoms with Crippen molar-refractivity contribution in [2.75, 3.05) is 43.5 Å². The smallest absolute Gasteiger partial charge is 0.410 e. The molecule has 0 bridgehead atoms. The van der Waals surface area contributed by atoms with Crippen LogP contribution in [-0.4, -0.2) is 77.7 Å². The monoisotopic (exact) mass is 571 g/mol. The van der Waals surface area contributed by atoms with E-state index in [-0.39, 0.29) is 17.4 Å². The zero-order valence-corrected chi connectivity index (χ0v) is 25.5. The molecule has 0 aliphatic heterocycles. The highest BCUT2D eigenvalue weighted by atomic mass is 16.6. The van der Waals surface area contributed by atoms with Gasteiger partial charge in [-0.2, -0.15) is 0 Å². The van der Waals surface area contributed by atoms with Crippen LogP contribution in [0.4, 0.5) is 22.1 Å². The van der Waals surface area contributed by atoms with Gasteiger partial charge in [0, 0.05) is 38.4 Å². The standard InChI is InChI=1S/C29H45N7O5/c1-9-22-26(36(10-2)11-3)34-25(23(33-22)24(30)37)32-20-14-12-15-21(18-20)40-17-13-16-31-27(38)19(4)35(8)28(39)41-29(5,6)7/h12,14-15,18-19H,9-11,13,16-17H2,1-8H3,(H2,30,37)(H,31,38)(H,32,34)/t19-/m0/s1. The molecular formula is C29H45N7O5. The molecule has 1 heterocycles. The highest BCUT2D eigenvalue weighted by Gasteiger charge is 2.26. The van der Waals surface area contributed by atoms with E-state index in [2.05, 4.69) is 20.5 Å². The van der Waals surface area contributed by atoms with Crippen LogP contribution in [0.15, 0.2) is 24.3 Å². The van der Waals surface area contributed by atoms with Crippen molar-refractivity contribution in [2.45, 2.75) is 73.0 Å². The van der Waals surface area contributed by atoms with Gasteiger partial charge in [-0.15, -0.1) is 0 Å². The lowest BCUT2D eigenvalue weighted by atomic mass is 10.2. The first-order valence-electron chi connectivity index (χ1n) is 14.0. The predicted octanol–water partition coefficient (Wildman–Crippen LogP) is 3.87. The van der Waals surface area contributed by atoms with Crippen LogP contribution in [0.2, 0.25) is 0 Å². The lowest BCUT2D eigenvalue weighted by Gasteiger charge is -2.28. The molecule has 12 heteroatoms. The second-order valence-electron chi connectivity index (χ2n) is 10.5. The molecule has 1 atom stereocenters. The third-order valence-electron chi connectivity index (χ3n) is 6.21. The number of likely N-dealkylation sites (N-methyl/N-ethyl adjacent to an activating group) is 1. The summed E-state index contributed by atoms with van der Waals surface area (Å²) in [5.41, 5.74) is 6.43. The van der Waals surface area contributed by atoms with E-state index in [0.29, 0.717) is 48.9 Å². The Bertz CT molecular complexity index is 1190. The maximum Gasteiger partial charge on any atom is 0.410 e. The van der Waals surface area contributed by atoms with Crippen molar-refractivity contribution in [2.24, 2.45) is 5.73 Å². The van der Waals surface area contributed by atoms with Gasteiger partial charge >= 0.3 is 6.09 Å². The number of nitrogens with two attached hydrogens (primary N) is 1. The molecule has 41 heavy (non-hydrogen) atoms. The quantitative estimate of drug-likeness (QED) is 0.287. The zero-order valence-electron chi connectivity index (χ0n) is 25.5. The number of aryl methyl sites for hydroxylation is 1. The predicted molar refractivity (Wildman–Crippen MR) is 160 cm³/mol. The molecule has 0 saturated carbocycles. The fourth-order valence-corrected chi connectivity index (χ4v) is 3.82. The molecular weight excluding hydrogens is 526 g/mol. The number of rotatable bonds is 14. The number of primary amides is 1. The van der Waals surface area contributed by atoms with Crippen molar-refractivity contribution in [3.05, 3.63) is 35.7 Å². The molecule has 0 aliphatic rings. The van der Waals surface area contributed by atoms with E-state index in [9.17, 15) is 14.4 Å². The van der Waals surface area contributed by atoms with Crippen LogP contribution in [-0.2, 0) is 16.0 Å². The van der Waals surface area contributed by atoms with Gasteiger partial charge in [0.15, 0.2) is 17.3 Å². The summed E-state index contributed by atoms with van der Waals surface area (Å²) in [6.45, 7) is 15.2.